The second kappa shape index (κ2) is 8.96. The van der Waals surface area contributed by atoms with E-state index in [-0.39, 0.29) is 24.8 Å². The number of rotatable bonds is 7. The third kappa shape index (κ3) is 5.15. The van der Waals surface area contributed by atoms with Gasteiger partial charge in [0.2, 0.25) is 5.91 Å². The van der Waals surface area contributed by atoms with Gasteiger partial charge >= 0.3 is 0 Å². The zero-order chi connectivity index (χ0) is 19.1. The van der Waals surface area contributed by atoms with Crippen molar-refractivity contribution in [1.29, 1.82) is 0 Å². The highest BCUT2D eigenvalue weighted by atomic mass is 16.5. The SMILES string of the molecule is COCc1cccc(NC(=O)CCNC(=O)c2ccc3ccccc3c2)c1. The van der Waals surface area contributed by atoms with Gasteiger partial charge in [-0.3, -0.25) is 9.59 Å². The first-order chi connectivity index (χ1) is 13.2. The lowest BCUT2D eigenvalue weighted by molar-refractivity contribution is -0.116. The third-order valence-corrected chi connectivity index (χ3v) is 4.17. The van der Waals surface area contributed by atoms with Crippen molar-refractivity contribution in [3.63, 3.8) is 0 Å². The van der Waals surface area contributed by atoms with Gasteiger partial charge in [-0.2, -0.15) is 0 Å². The van der Waals surface area contributed by atoms with E-state index in [0.717, 1.165) is 22.0 Å². The van der Waals surface area contributed by atoms with Gasteiger partial charge in [0.15, 0.2) is 0 Å². The molecule has 0 radical (unpaired) electrons. The van der Waals surface area contributed by atoms with Gasteiger partial charge in [-0.05, 0) is 40.6 Å². The Morgan fingerprint density at radius 3 is 2.56 bits per heavy atom. The topological polar surface area (TPSA) is 67.4 Å². The van der Waals surface area contributed by atoms with Crippen molar-refractivity contribution in [2.75, 3.05) is 19.0 Å². The van der Waals surface area contributed by atoms with Crippen LogP contribution in [0.5, 0.6) is 0 Å². The predicted octanol–water partition coefficient (Wildman–Crippen LogP) is 3.74. The molecule has 0 aromatic heterocycles. The van der Waals surface area contributed by atoms with Crippen molar-refractivity contribution < 1.29 is 14.3 Å². The van der Waals surface area contributed by atoms with E-state index < -0.39 is 0 Å². The maximum atomic E-state index is 12.3. The first kappa shape index (κ1) is 18.6. The summed E-state index contributed by atoms with van der Waals surface area (Å²) < 4.78 is 5.09. The number of methoxy groups -OCH3 is 1. The molecule has 0 fully saturated rings. The number of anilines is 1. The molecule has 0 heterocycles. The molecule has 0 saturated carbocycles. The summed E-state index contributed by atoms with van der Waals surface area (Å²) >= 11 is 0. The van der Waals surface area contributed by atoms with E-state index in [1.54, 1.807) is 13.2 Å². The van der Waals surface area contributed by atoms with Crippen molar-refractivity contribution in [3.8, 4) is 0 Å². The number of amides is 2. The number of hydrogen-bond donors (Lipinski definition) is 2. The second-order valence-electron chi connectivity index (χ2n) is 6.25. The molecule has 0 spiro atoms. The molecule has 0 aliphatic carbocycles. The highest BCUT2D eigenvalue weighted by Gasteiger charge is 2.08. The molecule has 3 aromatic rings. The number of hydrogen-bond acceptors (Lipinski definition) is 3. The van der Waals surface area contributed by atoms with Gasteiger partial charge in [-0.1, -0.05) is 42.5 Å². The standard InChI is InChI=1S/C22H22N2O3/c1-27-15-16-5-4-8-20(13-16)24-21(25)11-12-23-22(26)19-10-9-17-6-2-3-7-18(17)14-19/h2-10,13-14H,11-12,15H2,1H3,(H,23,26)(H,24,25). The molecule has 27 heavy (non-hydrogen) atoms. The molecule has 0 saturated heterocycles. The average molecular weight is 362 g/mol. The molecule has 2 N–H and O–H groups in total. The van der Waals surface area contributed by atoms with Crippen molar-refractivity contribution >= 4 is 28.3 Å². The lowest BCUT2D eigenvalue weighted by Crippen LogP contribution is -2.27. The molecule has 0 unspecified atom stereocenters. The number of carbonyl (C=O) groups excluding carboxylic acids is 2. The molecule has 0 aliphatic rings. The second-order valence-corrected chi connectivity index (χ2v) is 6.25. The maximum Gasteiger partial charge on any atom is 0.251 e. The largest absolute Gasteiger partial charge is 0.380 e. The minimum Gasteiger partial charge on any atom is -0.380 e. The van der Waals surface area contributed by atoms with E-state index in [2.05, 4.69) is 10.6 Å². The van der Waals surface area contributed by atoms with E-state index in [1.165, 1.54) is 0 Å². The van der Waals surface area contributed by atoms with Gasteiger partial charge in [0.05, 0.1) is 6.61 Å². The Kier molecular flexibility index (Phi) is 6.18. The van der Waals surface area contributed by atoms with Crippen LogP contribution in [0, 0.1) is 0 Å². The van der Waals surface area contributed by atoms with Gasteiger partial charge in [-0.15, -0.1) is 0 Å². The summed E-state index contributed by atoms with van der Waals surface area (Å²) in [5.74, 6) is -0.334. The fourth-order valence-corrected chi connectivity index (χ4v) is 2.85. The molecule has 5 nitrogen and oxygen atoms in total. The van der Waals surface area contributed by atoms with Crippen molar-refractivity contribution in [3.05, 3.63) is 77.9 Å². The van der Waals surface area contributed by atoms with Gasteiger partial charge in [0.1, 0.15) is 0 Å². The summed E-state index contributed by atoms with van der Waals surface area (Å²) in [5.41, 5.74) is 2.29. The van der Waals surface area contributed by atoms with Gasteiger partial charge < -0.3 is 15.4 Å². The fraction of sp³-hybridized carbons (Fsp3) is 0.182. The van der Waals surface area contributed by atoms with Crippen LogP contribution in [-0.4, -0.2) is 25.5 Å². The highest BCUT2D eigenvalue weighted by molar-refractivity contribution is 5.99. The van der Waals surface area contributed by atoms with E-state index in [4.69, 9.17) is 4.74 Å². The van der Waals surface area contributed by atoms with E-state index in [9.17, 15) is 9.59 Å². The summed E-state index contributed by atoms with van der Waals surface area (Å²) in [7, 11) is 1.63. The Labute approximate surface area is 158 Å². The first-order valence-electron chi connectivity index (χ1n) is 8.80. The molecule has 3 aromatic carbocycles. The summed E-state index contributed by atoms with van der Waals surface area (Å²) in [6.07, 6.45) is 0.202. The third-order valence-electron chi connectivity index (χ3n) is 4.17. The van der Waals surface area contributed by atoms with Crippen LogP contribution in [0.25, 0.3) is 10.8 Å². The molecule has 0 aliphatic heterocycles. The summed E-state index contributed by atoms with van der Waals surface area (Å²) in [4.78, 5) is 24.4. The highest BCUT2D eigenvalue weighted by Crippen LogP contribution is 2.15. The zero-order valence-electron chi connectivity index (χ0n) is 15.2. The van der Waals surface area contributed by atoms with E-state index >= 15 is 0 Å². The number of carbonyl (C=O) groups is 2. The van der Waals surface area contributed by atoms with Gasteiger partial charge in [-0.25, -0.2) is 0 Å². The molecular weight excluding hydrogens is 340 g/mol. The summed E-state index contributed by atoms with van der Waals surface area (Å²) in [5, 5.41) is 7.72. The van der Waals surface area contributed by atoms with Crippen LogP contribution in [0.4, 0.5) is 5.69 Å². The zero-order valence-corrected chi connectivity index (χ0v) is 15.2. The van der Waals surface area contributed by atoms with Gasteiger partial charge in [0.25, 0.3) is 5.91 Å². The van der Waals surface area contributed by atoms with Crippen LogP contribution in [0.1, 0.15) is 22.3 Å². The van der Waals surface area contributed by atoms with E-state index in [1.807, 2.05) is 60.7 Å². The number of fused-ring (bicyclic) bond motifs is 1. The maximum absolute atomic E-state index is 12.3. The lowest BCUT2D eigenvalue weighted by Gasteiger charge is -2.09. The molecule has 138 valence electrons. The Morgan fingerprint density at radius 1 is 0.926 bits per heavy atom. The van der Waals surface area contributed by atoms with Crippen LogP contribution in [0.15, 0.2) is 66.7 Å². The summed E-state index contributed by atoms with van der Waals surface area (Å²) in [6, 6.07) is 20.9. The molecular formula is C22H22N2O3. The smallest absolute Gasteiger partial charge is 0.251 e. The predicted molar refractivity (Wildman–Crippen MR) is 107 cm³/mol. The van der Waals surface area contributed by atoms with Gasteiger partial charge in [0, 0.05) is 31.3 Å². The normalized spacial score (nSPS) is 10.6. The van der Waals surface area contributed by atoms with Crippen molar-refractivity contribution in [1.82, 2.24) is 5.32 Å². The number of ether oxygens (including phenoxy) is 1. The molecule has 0 bridgehead atoms. The van der Waals surface area contributed by atoms with E-state index in [0.29, 0.717) is 12.2 Å². The fourth-order valence-electron chi connectivity index (χ4n) is 2.85. The molecule has 3 rings (SSSR count). The van der Waals surface area contributed by atoms with Crippen LogP contribution in [0.2, 0.25) is 0 Å². The quantitative estimate of drug-likeness (QED) is 0.673. The lowest BCUT2D eigenvalue weighted by atomic mass is 10.1. The Balaban J connectivity index is 1.50. The number of nitrogens with one attached hydrogen (secondary N) is 2. The van der Waals surface area contributed by atoms with Crippen LogP contribution in [0.3, 0.4) is 0 Å². The molecule has 5 heteroatoms. The first-order valence-corrected chi connectivity index (χ1v) is 8.80. The molecule has 2 amide bonds. The van der Waals surface area contributed by atoms with Crippen molar-refractivity contribution in [2.24, 2.45) is 0 Å². The Bertz CT molecular complexity index is 953. The minimum atomic E-state index is -0.185. The monoisotopic (exact) mass is 362 g/mol. The average Bonchev–Trinajstić information content (AvgIpc) is 2.68. The van der Waals surface area contributed by atoms with Crippen molar-refractivity contribution in [2.45, 2.75) is 13.0 Å². The van der Waals surface area contributed by atoms with Crippen LogP contribution < -0.4 is 10.6 Å². The number of benzene rings is 3. The Morgan fingerprint density at radius 2 is 1.74 bits per heavy atom. The minimum absolute atomic E-state index is 0.150. The van der Waals surface area contributed by atoms with Crippen LogP contribution >= 0.6 is 0 Å². The Hall–Kier alpha value is -3.18. The summed E-state index contributed by atoms with van der Waals surface area (Å²) in [6.45, 7) is 0.765. The van der Waals surface area contributed by atoms with Crippen LogP contribution in [-0.2, 0) is 16.1 Å². The molecule has 0 atom stereocenters.